The molecule has 1 N–H and O–H groups in total. The van der Waals surface area contributed by atoms with Gasteiger partial charge in [-0.25, -0.2) is 0 Å². The number of nitrogens with one attached hydrogen (secondary N) is 1. The summed E-state index contributed by atoms with van der Waals surface area (Å²) < 4.78 is 11.5. The summed E-state index contributed by atoms with van der Waals surface area (Å²) in [4.78, 5) is 24.2. The molecule has 27 heavy (non-hydrogen) atoms. The Labute approximate surface area is 160 Å². The highest BCUT2D eigenvalue weighted by atomic mass is 35.5. The normalized spacial score (nSPS) is 15.4. The Morgan fingerprint density at radius 2 is 2.07 bits per heavy atom. The minimum atomic E-state index is -0.546. The molecule has 0 saturated carbocycles. The fourth-order valence-electron chi connectivity index (χ4n) is 2.72. The molecule has 1 aliphatic heterocycles. The number of fused-ring (bicyclic) bond motifs is 1. The van der Waals surface area contributed by atoms with E-state index >= 15 is 0 Å². The number of nitrogens with zero attached hydrogens (tertiary/aromatic N) is 2. The van der Waals surface area contributed by atoms with Crippen molar-refractivity contribution in [1.29, 1.82) is 0 Å². The van der Waals surface area contributed by atoms with Crippen molar-refractivity contribution in [1.82, 2.24) is 4.90 Å². The predicted molar refractivity (Wildman–Crippen MR) is 101 cm³/mol. The van der Waals surface area contributed by atoms with Crippen LogP contribution in [0, 0.1) is 10.1 Å². The van der Waals surface area contributed by atoms with E-state index in [1.54, 1.807) is 11.9 Å². The van der Waals surface area contributed by atoms with Crippen molar-refractivity contribution in [2.75, 3.05) is 32.1 Å². The predicted octanol–water partition coefficient (Wildman–Crippen LogP) is 2.96. The van der Waals surface area contributed by atoms with Crippen molar-refractivity contribution in [3.63, 3.8) is 0 Å². The second-order valence-corrected chi connectivity index (χ2v) is 6.57. The molecule has 0 saturated heterocycles. The van der Waals surface area contributed by atoms with Crippen LogP contribution in [0.25, 0.3) is 0 Å². The molecule has 8 nitrogen and oxygen atoms in total. The van der Waals surface area contributed by atoms with Gasteiger partial charge in [0.15, 0.2) is 11.5 Å². The molecule has 0 unspecified atom stereocenters. The van der Waals surface area contributed by atoms with Crippen LogP contribution < -0.4 is 14.8 Å². The number of ether oxygens (including phenoxy) is 2. The summed E-state index contributed by atoms with van der Waals surface area (Å²) in [5.41, 5.74) is 0.191. The van der Waals surface area contributed by atoms with Crippen LogP contribution >= 0.6 is 11.6 Å². The first-order valence-corrected chi connectivity index (χ1v) is 8.61. The maximum atomic E-state index is 12.2. The van der Waals surface area contributed by atoms with Gasteiger partial charge in [0.25, 0.3) is 5.69 Å². The van der Waals surface area contributed by atoms with Crippen LogP contribution in [0.4, 0.5) is 11.4 Å². The van der Waals surface area contributed by atoms with Crippen LogP contribution in [0.3, 0.4) is 0 Å². The van der Waals surface area contributed by atoms with E-state index in [9.17, 15) is 14.9 Å². The van der Waals surface area contributed by atoms with Gasteiger partial charge in [-0.3, -0.25) is 19.8 Å². The molecule has 1 aliphatic rings. The average Bonchev–Trinajstić information content (AvgIpc) is 2.63. The van der Waals surface area contributed by atoms with Crippen molar-refractivity contribution >= 4 is 28.9 Å². The second kappa shape index (κ2) is 8.24. The topological polar surface area (TPSA) is 93.9 Å². The Kier molecular flexibility index (Phi) is 5.78. The summed E-state index contributed by atoms with van der Waals surface area (Å²) >= 11 is 5.99. The number of carbonyl (C=O) groups is 1. The molecule has 0 bridgehead atoms. The zero-order valence-corrected chi connectivity index (χ0v) is 15.3. The minimum absolute atomic E-state index is 0.106. The molecule has 3 rings (SSSR count). The maximum Gasteiger partial charge on any atom is 0.271 e. The first-order valence-electron chi connectivity index (χ1n) is 8.23. The number of non-ortho nitro benzene ring substituents is 1. The number of anilines is 1. The molecule has 142 valence electrons. The standard InChI is InChI=1S/C18H18ClN3O5/c1-21(9-13-11-26-16-4-2-3-5-17(16)27-13)10-18(23)20-15-7-6-12(22(24)25)8-14(15)19/h2-8,13H,9-11H2,1H3,(H,20,23)/t13-/m1/s1. The summed E-state index contributed by atoms with van der Waals surface area (Å²) in [6, 6.07) is 11.3. The quantitative estimate of drug-likeness (QED) is 0.601. The molecule has 1 atom stereocenters. The highest BCUT2D eigenvalue weighted by molar-refractivity contribution is 6.34. The number of hydrogen-bond donors (Lipinski definition) is 1. The molecule has 2 aromatic carbocycles. The van der Waals surface area contributed by atoms with Gasteiger partial charge in [-0.1, -0.05) is 23.7 Å². The van der Waals surface area contributed by atoms with Crippen molar-refractivity contribution in [3.8, 4) is 11.5 Å². The molecule has 0 fully saturated rings. The van der Waals surface area contributed by atoms with Crippen LogP contribution in [0.15, 0.2) is 42.5 Å². The Morgan fingerprint density at radius 1 is 1.33 bits per heavy atom. The second-order valence-electron chi connectivity index (χ2n) is 6.16. The summed E-state index contributed by atoms with van der Waals surface area (Å²) in [6.07, 6.45) is -0.194. The number of nitro benzene ring substituents is 1. The fourth-order valence-corrected chi connectivity index (χ4v) is 2.94. The number of halogens is 1. The van der Waals surface area contributed by atoms with Gasteiger partial charge in [0.2, 0.25) is 5.91 Å². The number of carbonyl (C=O) groups excluding carboxylic acids is 1. The Balaban J connectivity index is 1.52. The first-order chi connectivity index (χ1) is 12.9. The van der Waals surface area contributed by atoms with Gasteiger partial charge in [-0.15, -0.1) is 0 Å². The van der Waals surface area contributed by atoms with Crippen molar-refractivity contribution in [3.05, 3.63) is 57.6 Å². The van der Waals surface area contributed by atoms with Crippen LogP contribution in [0.1, 0.15) is 0 Å². The molecule has 1 heterocycles. The Bertz CT molecular complexity index is 861. The SMILES string of the molecule is CN(CC(=O)Nc1ccc([N+](=O)[O-])cc1Cl)C[C@@H]1COc2ccccc2O1. The van der Waals surface area contributed by atoms with E-state index in [-0.39, 0.29) is 29.3 Å². The lowest BCUT2D eigenvalue weighted by molar-refractivity contribution is -0.384. The molecule has 9 heteroatoms. The maximum absolute atomic E-state index is 12.2. The minimum Gasteiger partial charge on any atom is -0.486 e. The van der Waals surface area contributed by atoms with Gasteiger partial charge < -0.3 is 14.8 Å². The monoisotopic (exact) mass is 391 g/mol. The Hall–Kier alpha value is -2.84. The van der Waals surface area contributed by atoms with E-state index in [1.807, 2.05) is 24.3 Å². The van der Waals surface area contributed by atoms with Crippen LogP contribution in [-0.2, 0) is 4.79 Å². The van der Waals surface area contributed by atoms with Gasteiger partial charge in [-0.2, -0.15) is 0 Å². The zero-order chi connectivity index (χ0) is 19.4. The Morgan fingerprint density at radius 3 is 2.78 bits per heavy atom. The third kappa shape index (κ3) is 4.87. The molecule has 0 spiro atoms. The number of rotatable bonds is 6. The highest BCUT2D eigenvalue weighted by Crippen LogP contribution is 2.31. The van der Waals surface area contributed by atoms with E-state index in [2.05, 4.69) is 5.32 Å². The third-order valence-electron chi connectivity index (χ3n) is 3.93. The summed E-state index contributed by atoms with van der Waals surface area (Å²) in [6.45, 7) is 1.00. The molecule has 2 aromatic rings. The molecule has 0 aliphatic carbocycles. The zero-order valence-electron chi connectivity index (χ0n) is 14.6. The number of benzene rings is 2. The lowest BCUT2D eigenvalue weighted by Crippen LogP contribution is -2.42. The number of nitro groups is 1. The molecule has 0 radical (unpaired) electrons. The first kappa shape index (κ1) is 18.9. The molecule has 0 aromatic heterocycles. The summed E-state index contributed by atoms with van der Waals surface area (Å²) in [7, 11) is 1.79. The largest absolute Gasteiger partial charge is 0.486 e. The fraction of sp³-hybridized carbons (Fsp3) is 0.278. The summed E-state index contributed by atoms with van der Waals surface area (Å²) in [5.74, 6) is 1.11. The van der Waals surface area contributed by atoms with Crippen molar-refractivity contribution in [2.24, 2.45) is 0 Å². The van der Waals surface area contributed by atoms with Crippen molar-refractivity contribution in [2.45, 2.75) is 6.10 Å². The molecule has 1 amide bonds. The van der Waals surface area contributed by atoms with Crippen LogP contribution in [0.5, 0.6) is 11.5 Å². The number of amides is 1. The van der Waals surface area contributed by atoms with Gasteiger partial charge in [0, 0.05) is 18.7 Å². The van der Waals surface area contributed by atoms with E-state index in [4.69, 9.17) is 21.1 Å². The third-order valence-corrected chi connectivity index (χ3v) is 4.25. The number of para-hydroxylation sites is 2. The van der Waals surface area contributed by atoms with Crippen molar-refractivity contribution < 1.29 is 19.2 Å². The number of hydrogen-bond acceptors (Lipinski definition) is 6. The van der Waals surface area contributed by atoms with E-state index in [0.29, 0.717) is 30.3 Å². The van der Waals surface area contributed by atoms with E-state index in [0.717, 1.165) is 0 Å². The lowest BCUT2D eigenvalue weighted by Gasteiger charge is -2.29. The van der Waals surface area contributed by atoms with Gasteiger partial charge in [0.1, 0.15) is 12.7 Å². The summed E-state index contributed by atoms with van der Waals surface area (Å²) in [5, 5.41) is 13.5. The van der Waals surface area contributed by atoms with Crippen LogP contribution in [0.2, 0.25) is 5.02 Å². The van der Waals surface area contributed by atoms with Crippen LogP contribution in [-0.4, -0.2) is 48.6 Å². The molecular weight excluding hydrogens is 374 g/mol. The lowest BCUT2D eigenvalue weighted by atomic mass is 10.2. The molecular formula is C18H18ClN3O5. The van der Waals surface area contributed by atoms with E-state index < -0.39 is 4.92 Å². The number of likely N-dealkylation sites (N-methyl/N-ethyl adjacent to an activating group) is 1. The van der Waals surface area contributed by atoms with Gasteiger partial charge in [0.05, 0.1) is 22.2 Å². The average molecular weight is 392 g/mol. The smallest absolute Gasteiger partial charge is 0.271 e. The van der Waals surface area contributed by atoms with E-state index in [1.165, 1.54) is 18.2 Å². The van der Waals surface area contributed by atoms with Gasteiger partial charge in [-0.05, 0) is 25.2 Å². The van der Waals surface area contributed by atoms with Gasteiger partial charge >= 0.3 is 0 Å². The highest BCUT2D eigenvalue weighted by Gasteiger charge is 2.22.